The summed E-state index contributed by atoms with van der Waals surface area (Å²) in [7, 11) is -3.53. The van der Waals surface area contributed by atoms with Crippen molar-refractivity contribution >= 4 is 37.5 Å². The number of hydrogen-bond donors (Lipinski definition) is 0. The average Bonchev–Trinajstić information content (AvgIpc) is 2.94. The Bertz CT molecular complexity index is 1310. The highest BCUT2D eigenvalue weighted by Gasteiger charge is 2.25. The lowest BCUT2D eigenvalue weighted by Crippen LogP contribution is -2.31. The minimum Gasteiger partial charge on any atom is -0.316 e. The Labute approximate surface area is 193 Å². The van der Waals surface area contributed by atoms with Crippen LogP contribution in [0.15, 0.2) is 46.3 Å². The number of aryl methyl sites for hydroxylation is 3. The van der Waals surface area contributed by atoms with Crippen LogP contribution in [-0.2, 0) is 16.6 Å². The lowest BCUT2D eigenvalue weighted by atomic mass is 10.1. The highest BCUT2D eigenvalue weighted by Crippen LogP contribution is 2.24. The van der Waals surface area contributed by atoms with Gasteiger partial charge < -0.3 is 4.57 Å². The summed E-state index contributed by atoms with van der Waals surface area (Å²) < 4.78 is 30.7. The van der Waals surface area contributed by atoms with E-state index >= 15 is 0 Å². The van der Waals surface area contributed by atoms with E-state index in [9.17, 15) is 13.2 Å². The summed E-state index contributed by atoms with van der Waals surface area (Å²) in [6.07, 6.45) is 3.91. The molecule has 1 amide bonds. The van der Waals surface area contributed by atoms with Gasteiger partial charge in [-0.3, -0.25) is 4.79 Å². The first kappa shape index (κ1) is 22.9. The minimum absolute atomic E-state index is 0.229. The lowest BCUT2D eigenvalue weighted by molar-refractivity contribution is 0.0997. The largest absolute Gasteiger partial charge is 0.316 e. The standard InChI is InChI=1S/C24H29N3O3S2/c1-4-27-22-18(3)17(2)9-14-21(22)31-24(27)25-23(28)19-10-12-20(13-11-19)32(29,30)26-15-7-5-6-8-16-26/h9-14H,4-8,15-16H2,1-3H3. The van der Waals surface area contributed by atoms with Gasteiger partial charge in [0.25, 0.3) is 5.91 Å². The number of carbonyl (C=O) groups excluding carboxylic acids is 1. The first-order chi connectivity index (χ1) is 15.3. The number of rotatable bonds is 4. The van der Waals surface area contributed by atoms with E-state index < -0.39 is 10.0 Å². The Balaban J connectivity index is 1.65. The fourth-order valence-electron chi connectivity index (χ4n) is 4.17. The molecule has 0 atom stereocenters. The molecular formula is C24H29N3O3S2. The molecule has 0 radical (unpaired) electrons. The van der Waals surface area contributed by atoms with Crippen LogP contribution in [-0.4, -0.2) is 36.3 Å². The van der Waals surface area contributed by atoms with Gasteiger partial charge in [-0.15, -0.1) is 0 Å². The Kier molecular flexibility index (Phi) is 6.65. The van der Waals surface area contributed by atoms with Crippen LogP contribution in [0.1, 0.15) is 54.1 Å². The van der Waals surface area contributed by atoms with E-state index in [1.54, 1.807) is 16.4 Å². The summed E-state index contributed by atoms with van der Waals surface area (Å²) in [5, 5.41) is 0. The molecule has 6 nitrogen and oxygen atoms in total. The van der Waals surface area contributed by atoms with Crippen LogP contribution >= 0.6 is 11.3 Å². The van der Waals surface area contributed by atoms with Gasteiger partial charge in [0, 0.05) is 25.2 Å². The number of hydrogen-bond acceptors (Lipinski definition) is 4. The number of thiazole rings is 1. The molecule has 170 valence electrons. The van der Waals surface area contributed by atoms with Gasteiger partial charge in [0.2, 0.25) is 10.0 Å². The van der Waals surface area contributed by atoms with Gasteiger partial charge in [0.1, 0.15) is 0 Å². The number of carbonyl (C=O) groups is 1. The second-order valence-corrected chi connectivity index (χ2v) is 11.2. The van der Waals surface area contributed by atoms with E-state index in [4.69, 9.17) is 0 Å². The minimum atomic E-state index is -3.53. The third-order valence-electron chi connectivity index (χ3n) is 6.18. The van der Waals surface area contributed by atoms with E-state index in [1.807, 2.05) is 6.92 Å². The van der Waals surface area contributed by atoms with Crippen LogP contribution in [0, 0.1) is 13.8 Å². The van der Waals surface area contributed by atoms with E-state index in [2.05, 4.69) is 35.5 Å². The zero-order valence-corrected chi connectivity index (χ0v) is 20.4. The molecule has 3 aromatic rings. The normalized spacial score (nSPS) is 16.4. The number of aromatic nitrogens is 1. The first-order valence-electron chi connectivity index (χ1n) is 11.1. The maximum atomic E-state index is 13.0. The SMILES string of the molecule is CCn1c(=NC(=O)c2ccc(S(=O)(=O)N3CCCCCC3)cc2)sc2ccc(C)c(C)c21. The summed E-state index contributed by atoms with van der Waals surface area (Å²) in [6.45, 7) is 8.03. The van der Waals surface area contributed by atoms with E-state index in [-0.39, 0.29) is 10.8 Å². The molecule has 1 saturated heterocycles. The lowest BCUT2D eigenvalue weighted by Gasteiger charge is -2.19. The van der Waals surface area contributed by atoms with Gasteiger partial charge in [-0.05, 0) is 75.1 Å². The maximum absolute atomic E-state index is 13.0. The topological polar surface area (TPSA) is 71.7 Å². The third-order valence-corrected chi connectivity index (χ3v) is 9.14. The van der Waals surface area contributed by atoms with Crippen molar-refractivity contribution in [3.05, 3.63) is 57.9 Å². The van der Waals surface area contributed by atoms with Crippen molar-refractivity contribution < 1.29 is 13.2 Å². The fourth-order valence-corrected chi connectivity index (χ4v) is 6.84. The van der Waals surface area contributed by atoms with E-state index in [0.29, 0.717) is 30.0 Å². The van der Waals surface area contributed by atoms with Crippen LogP contribution in [0.5, 0.6) is 0 Å². The van der Waals surface area contributed by atoms with Crippen LogP contribution in [0.25, 0.3) is 10.2 Å². The van der Waals surface area contributed by atoms with Crippen molar-refractivity contribution in [2.75, 3.05) is 13.1 Å². The molecule has 32 heavy (non-hydrogen) atoms. The van der Waals surface area contributed by atoms with Gasteiger partial charge >= 0.3 is 0 Å². The zero-order valence-electron chi connectivity index (χ0n) is 18.8. The highest BCUT2D eigenvalue weighted by molar-refractivity contribution is 7.89. The first-order valence-corrected chi connectivity index (χ1v) is 13.4. The fraction of sp³-hybridized carbons (Fsp3) is 0.417. The van der Waals surface area contributed by atoms with Crippen LogP contribution in [0.2, 0.25) is 0 Å². The summed E-state index contributed by atoms with van der Waals surface area (Å²) >= 11 is 1.50. The second-order valence-electron chi connectivity index (χ2n) is 8.24. The van der Waals surface area contributed by atoms with E-state index in [1.165, 1.54) is 34.6 Å². The molecule has 1 aliphatic heterocycles. The van der Waals surface area contributed by atoms with Crippen molar-refractivity contribution in [1.82, 2.24) is 8.87 Å². The van der Waals surface area contributed by atoms with Crippen LogP contribution in [0.3, 0.4) is 0 Å². The molecule has 1 aromatic heterocycles. The molecule has 0 aliphatic carbocycles. The molecule has 2 heterocycles. The van der Waals surface area contributed by atoms with Gasteiger partial charge in [0.05, 0.1) is 15.1 Å². The Morgan fingerprint density at radius 3 is 2.28 bits per heavy atom. The van der Waals surface area contributed by atoms with Crippen LogP contribution in [0.4, 0.5) is 0 Å². The molecular weight excluding hydrogens is 442 g/mol. The van der Waals surface area contributed by atoms with Gasteiger partial charge in [-0.25, -0.2) is 8.42 Å². The van der Waals surface area contributed by atoms with Crippen LogP contribution < -0.4 is 4.80 Å². The smallest absolute Gasteiger partial charge is 0.279 e. The Morgan fingerprint density at radius 1 is 1.00 bits per heavy atom. The summed E-state index contributed by atoms with van der Waals surface area (Å²) in [4.78, 5) is 18.2. The zero-order chi connectivity index (χ0) is 22.9. The van der Waals surface area contributed by atoms with Crippen molar-refractivity contribution in [1.29, 1.82) is 0 Å². The van der Waals surface area contributed by atoms with Crippen molar-refractivity contribution in [2.24, 2.45) is 4.99 Å². The number of fused-ring (bicyclic) bond motifs is 1. The summed E-state index contributed by atoms with van der Waals surface area (Å²) in [5.41, 5.74) is 3.89. The third kappa shape index (κ3) is 4.31. The second kappa shape index (κ2) is 9.29. The highest BCUT2D eigenvalue weighted by atomic mass is 32.2. The Morgan fingerprint density at radius 2 is 1.66 bits per heavy atom. The molecule has 0 saturated carbocycles. The average molecular weight is 472 g/mol. The number of benzene rings is 2. The quantitative estimate of drug-likeness (QED) is 0.556. The molecule has 4 rings (SSSR count). The van der Waals surface area contributed by atoms with Crippen molar-refractivity contribution in [2.45, 2.75) is 57.9 Å². The predicted octanol–water partition coefficient (Wildman–Crippen LogP) is 4.65. The molecule has 0 unspecified atom stereocenters. The molecule has 8 heteroatoms. The molecule has 0 spiro atoms. The molecule has 2 aromatic carbocycles. The van der Waals surface area contributed by atoms with Gasteiger partial charge in [-0.1, -0.05) is 30.2 Å². The van der Waals surface area contributed by atoms with Crippen molar-refractivity contribution in [3.63, 3.8) is 0 Å². The predicted molar refractivity (Wildman–Crippen MR) is 129 cm³/mol. The van der Waals surface area contributed by atoms with Crippen molar-refractivity contribution in [3.8, 4) is 0 Å². The van der Waals surface area contributed by atoms with Gasteiger partial charge in [-0.2, -0.15) is 9.30 Å². The summed E-state index contributed by atoms with van der Waals surface area (Å²) in [6, 6.07) is 10.3. The van der Waals surface area contributed by atoms with E-state index in [0.717, 1.165) is 35.9 Å². The molecule has 1 fully saturated rings. The monoisotopic (exact) mass is 471 g/mol. The maximum Gasteiger partial charge on any atom is 0.279 e. The molecule has 0 N–H and O–H groups in total. The van der Waals surface area contributed by atoms with Gasteiger partial charge in [0.15, 0.2) is 4.80 Å². The molecule has 1 aliphatic rings. The Hall–Kier alpha value is -2.29. The molecule has 0 bridgehead atoms. The number of sulfonamides is 1. The summed E-state index contributed by atoms with van der Waals surface area (Å²) in [5.74, 6) is -0.369. The number of nitrogens with zero attached hydrogens (tertiary/aromatic N) is 3. The number of amides is 1.